The number of nitrogens with one attached hydrogen (secondary N) is 1. The van der Waals surface area contributed by atoms with Crippen molar-refractivity contribution in [1.82, 2.24) is 0 Å². The molecular formula is C14H21NO3. The number of hydrogen-bond acceptors (Lipinski definition) is 4. The predicted molar refractivity (Wildman–Crippen MR) is 71.6 cm³/mol. The molecule has 1 N–H and O–H groups in total. The Kier molecular flexibility index (Phi) is 4.70. The van der Waals surface area contributed by atoms with Crippen LogP contribution in [0, 0.1) is 0 Å². The maximum Gasteiger partial charge on any atom is 0.124 e. The van der Waals surface area contributed by atoms with E-state index in [0.29, 0.717) is 6.10 Å². The molecule has 1 aliphatic rings. The second kappa shape index (κ2) is 6.50. The molecule has 1 heterocycles. The van der Waals surface area contributed by atoms with Crippen molar-refractivity contribution in [3.63, 3.8) is 0 Å². The molecule has 18 heavy (non-hydrogen) atoms. The van der Waals surface area contributed by atoms with Crippen LogP contribution in [0.2, 0.25) is 0 Å². The van der Waals surface area contributed by atoms with Crippen LogP contribution < -0.4 is 14.8 Å². The summed E-state index contributed by atoms with van der Waals surface area (Å²) in [5, 5.41) is 3.38. The molecule has 4 heteroatoms. The molecule has 2 rings (SSSR count). The fourth-order valence-corrected chi connectivity index (χ4v) is 2.11. The lowest BCUT2D eigenvalue weighted by atomic mass is 10.1. The third-order valence-electron chi connectivity index (χ3n) is 3.16. The van der Waals surface area contributed by atoms with Crippen LogP contribution in [-0.2, 0) is 4.74 Å². The Hall–Kier alpha value is -1.42. The van der Waals surface area contributed by atoms with Gasteiger partial charge in [-0.05, 0) is 19.3 Å². The van der Waals surface area contributed by atoms with Crippen molar-refractivity contribution in [2.45, 2.75) is 25.4 Å². The first kappa shape index (κ1) is 13.0. The minimum atomic E-state index is 0.316. The highest BCUT2D eigenvalue weighted by molar-refractivity contribution is 5.53. The smallest absolute Gasteiger partial charge is 0.124 e. The Balaban J connectivity index is 1.94. The van der Waals surface area contributed by atoms with Crippen LogP contribution in [0.25, 0.3) is 0 Å². The summed E-state index contributed by atoms with van der Waals surface area (Å²) in [6, 6.07) is 5.79. The first-order valence-electron chi connectivity index (χ1n) is 6.40. The average Bonchev–Trinajstić information content (AvgIpc) is 2.45. The molecule has 0 radical (unpaired) electrons. The molecule has 1 fully saturated rings. The lowest BCUT2D eigenvalue weighted by Gasteiger charge is -2.23. The molecule has 0 aromatic heterocycles. The first-order valence-corrected chi connectivity index (χ1v) is 6.40. The lowest BCUT2D eigenvalue weighted by Crippen LogP contribution is -2.26. The first-order chi connectivity index (χ1) is 8.81. The summed E-state index contributed by atoms with van der Waals surface area (Å²) in [6.07, 6.45) is 3.89. The molecule has 0 bridgehead atoms. The van der Waals surface area contributed by atoms with Gasteiger partial charge in [0.05, 0.1) is 20.3 Å². The van der Waals surface area contributed by atoms with E-state index in [4.69, 9.17) is 14.2 Å². The van der Waals surface area contributed by atoms with Gasteiger partial charge in [-0.15, -0.1) is 0 Å². The van der Waals surface area contributed by atoms with Gasteiger partial charge in [0, 0.05) is 37.0 Å². The summed E-state index contributed by atoms with van der Waals surface area (Å²) in [4.78, 5) is 0. The van der Waals surface area contributed by atoms with Crippen molar-refractivity contribution < 1.29 is 14.2 Å². The average molecular weight is 251 g/mol. The van der Waals surface area contributed by atoms with Crippen LogP contribution >= 0.6 is 0 Å². The monoisotopic (exact) mass is 251 g/mol. The van der Waals surface area contributed by atoms with Crippen LogP contribution in [0.4, 0.5) is 5.69 Å². The third kappa shape index (κ3) is 3.53. The van der Waals surface area contributed by atoms with Gasteiger partial charge in [0.15, 0.2) is 0 Å². The van der Waals surface area contributed by atoms with Gasteiger partial charge >= 0.3 is 0 Å². The Labute approximate surface area is 108 Å². The standard InChI is InChI=1S/C14H21NO3/c1-16-13-7-11(8-14(9-13)17-2)15-10-12-5-3-4-6-18-12/h7-9,12,15H,3-6,10H2,1-2H3. The summed E-state index contributed by atoms with van der Waals surface area (Å²) < 4.78 is 16.2. The Morgan fingerprint density at radius 2 is 1.89 bits per heavy atom. The zero-order chi connectivity index (χ0) is 12.8. The molecule has 1 aromatic rings. The number of methoxy groups -OCH3 is 2. The molecule has 1 atom stereocenters. The summed E-state index contributed by atoms with van der Waals surface area (Å²) in [5.41, 5.74) is 1.00. The summed E-state index contributed by atoms with van der Waals surface area (Å²) in [5.74, 6) is 1.59. The SMILES string of the molecule is COc1cc(NCC2CCCCO2)cc(OC)c1. The number of hydrogen-bond donors (Lipinski definition) is 1. The molecule has 1 unspecified atom stereocenters. The molecule has 4 nitrogen and oxygen atoms in total. The fraction of sp³-hybridized carbons (Fsp3) is 0.571. The number of benzene rings is 1. The number of rotatable bonds is 5. The van der Waals surface area contributed by atoms with Crippen LogP contribution in [0.3, 0.4) is 0 Å². The second-order valence-electron chi connectivity index (χ2n) is 4.47. The van der Waals surface area contributed by atoms with E-state index in [0.717, 1.165) is 36.8 Å². The van der Waals surface area contributed by atoms with Crippen molar-refractivity contribution in [2.75, 3.05) is 32.7 Å². The minimum Gasteiger partial charge on any atom is -0.497 e. The predicted octanol–water partition coefficient (Wildman–Crippen LogP) is 2.68. The third-order valence-corrected chi connectivity index (χ3v) is 3.16. The lowest BCUT2D eigenvalue weighted by molar-refractivity contribution is 0.0247. The van der Waals surface area contributed by atoms with E-state index < -0.39 is 0 Å². The number of anilines is 1. The summed E-state index contributed by atoms with van der Waals surface area (Å²) >= 11 is 0. The van der Waals surface area contributed by atoms with Crippen LogP contribution in [-0.4, -0.2) is 33.5 Å². The van der Waals surface area contributed by atoms with Crippen molar-refractivity contribution in [3.8, 4) is 11.5 Å². The number of ether oxygens (including phenoxy) is 3. The molecule has 0 spiro atoms. The maximum atomic E-state index is 5.69. The van der Waals surface area contributed by atoms with Crippen LogP contribution in [0.15, 0.2) is 18.2 Å². The normalized spacial score (nSPS) is 19.3. The largest absolute Gasteiger partial charge is 0.497 e. The molecule has 1 aromatic carbocycles. The highest BCUT2D eigenvalue weighted by atomic mass is 16.5. The van der Waals surface area contributed by atoms with E-state index in [2.05, 4.69) is 5.32 Å². The second-order valence-corrected chi connectivity index (χ2v) is 4.47. The van der Waals surface area contributed by atoms with E-state index >= 15 is 0 Å². The van der Waals surface area contributed by atoms with Crippen LogP contribution in [0.1, 0.15) is 19.3 Å². The van der Waals surface area contributed by atoms with Gasteiger partial charge in [-0.1, -0.05) is 0 Å². The Morgan fingerprint density at radius 1 is 1.17 bits per heavy atom. The van der Waals surface area contributed by atoms with Crippen LogP contribution in [0.5, 0.6) is 11.5 Å². The molecule has 0 saturated carbocycles. The zero-order valence-corrected chi connectivity index (χ0v) is 11.1. The molecule has 0 amide bonds. The van der Waals surface area contributed by atoms with E-state index in [-0.39, 0.29) is 0 Å². The van der Waals surface area contributed by atoms with Gasteiger partial charge < -0.3 is 19.5 Å². The van der Waals surface area contributed by atoms with Gasteiger partial charge in [0.2, 0.25) is 0 Å². The quantitative estimate of drug-likeness (QED) is 0.873. The van der Waals surface area contributed by atoms with E-state index in [9.17, 15) is 0 Å². The highest BCUT2D eigenvalue weighted by Gasteiger charge is 2.13. The van der Waals surface area contributed by atoms with Crippen molar-refractivity contribution >= 4 is 5.69 Å². The van der Waals surface area contributed by atoms with Gasteiger partial charge in [0.25, 0.3) is 0 Å². The van der Waals surface area contributed by atoms with Crippen molar-refractivity contribution in [2.24, 2.45) is 0 Å². The summed E-state index contributed by atoms with van der Waals surface area (Å²) in [7, 11) is 3.31. The van der Waals surface area contributed by atoms with Gasteiger partial charge in [-0.3, -0.25) is 0 Å². The Morgan fingerprint density at radius 3 is 2.44 bits per heavy atom. The van der Waals surface area contributed by atoms with Gasteiger partial charge in [-0.2, -0.15) is 0 Å². The van der Waals surface area contributed by atoms with Crippen molar-refractivity contribution in [3.05, 3.63) is 18.2 Å². The summed E-state index contributed by atoms with van der Waals surface area (Å²) in [6.45, 7) is 1.71. The fourth-order valence-electron chi connectivity index (χ4n) is 2.11. The van der Waals surface area contributed by atoms with Gasteiger partial charge in [-0.25, -0.2) is 0 Å². The van der Waals surface area contributed by atoms with E-state index in [1.165, 1.54) is 12.8 Å². The maximum absolute atomic E-state index is 5.69. The topological polar surface area (TPSA) is 39.7 Å². The molecule has 1 aliphatic heterocycles. The Bertz CT molecular complexity index is 353. The highest BCUT2D eigenvalue weighted by Crippen LogP contribution is 2.26. The van der Waals surface area contributed by atoms with E-state index in [1.807, 2.05) is 18.2 Å². The minimum absolute atomic E-state index is 0.316. The van der Waals surface area contributed by atoms with E-state index in [1.54, 1.807) is 14.2 Å². The zero-order valence-electron chi connectivity index (χ0n) is 11.1. The molecular weight excluding hydrogens is 230 g/mol. The van der Waals surface area contributed by atoms with Crippen molar-refractivity contribution in [1.29, 1.82) is 0 Å². The van der Waals surface area contributed by atoms with Gasteiger partial charge in [0.1, 0.15) is 11.5 Å². The molecule has 1 saturated heterocycles. The molecule has 0 aliphatic carbocycles. The molecule has 100 valence electrons.